The van der Waals surface area contributed by atoms with E-state index >= 15 is 0 Å². The van der Waals surface area contributed by atoms with Gasteiger partial charge in [0.15, 0.2) is 0 Å². The fourth-order valence-corrected chi connectivity index (χ4v) is 11.5. The average Bonchev–Trinajstić information content (AvgIpc) is 2.76. The summed E-state index contributed by atoms with van der Waals surface area (Å²) in [7, 11) is 0.348. The predicted octanol–water partition coefficient (Wildman–Crippen LogP) is 10.2. The van der Waals surface area contributed by atoms with Crippen LogP contribution in [0.4, 0.5) is 0 Å². The third-order valence-electron chi connectivity index (χ3n) is 7.41. The van der Waals surface area contributed by atoms with Gasteiger partial charge in [-0.1, -0.05) is 127 Å². The molecule has 0 aliphatic heterocycles. The van der Waals surface area contributed by atoms with Crippen LogP contribution in [0.5, 0.6) is 0 Å². The first-order valence-electron chi connectivity index (χ1n) is 14.8. The summed E-state index contributed by atoms with van der Waals surface area (Å²) in [6.45, 7) is 34.5. The quantitative estimate of drug-likeness (QED) is 0.289. The molecule has 0 aliphatic carbocycles. The molecule has 0 fully saturated rings. The largest absolute Gasteiger partial charge is 0.242 e. The predicted molar refractivity (Wildman–Crippen MR) is 179 cm³/mol. The van der Waals surface area contributed by atoms with Crippen LogP contribution in [-0.2, 0) is 11.0 Å². The Kier molecular flexibility index (Phi) is 10.9. The van der Waals surface area contributed by atoms with E-state index in [9.17, 15) is 4.21 Å². The van der Waals surface area contributed by atoms with Crippen LogP contribution >= 0.6 is 7.92 Å². The Hall–Kier alpha value is -1.02. The molecule has 2 aromatic rings. The van der Waals surface area contributed by atoms with Crippen LogP contribution in [-0.4, -0.2) is 30.6 Å². The molecule has 0 spiro atoms. The monoisotopic (exact) mass is 571 g/mol. The molecule has 0 unspecified atom stereocenters. The minimum absolute atomic E-state index is 0.105. The van der Waals surface area contributed by atoms with Crippen molar-refractivity contribution in [2.24, 2.45) is 0 Å². The normalized spacial score (nSPS) is 15.2. The van der Waals surface area contributed by atoms with Crippen LogP contribution in [0.15, 0.2) is 36.4 Å². The molecule has 0 amide bonds. The summed E-state index contributed by atoms with van der Waals surface area (Å²) in [5.74, 6) is 1.17. The van der Waals surface area contributed by atoms with Crippen LogP contribution in [0.3, 0.4) is 0 Å². The maximum absolute atomic E-state index is 14.2. The Morgan fingerprint density at radius 3 is 1.49 bits per heavy atom. The van der Waals surface area contributed by atoms with Gasteiger partial charge in [0.2, 0.25) is 0 Å². The smallest absolute Gasteiger partial charge is 0.100 e. The summed E-state index contributed by atoms with van der Waals surface area (Å²) in [5, 5.41) is 1.69. The van der Waals surface area contributed by atoms with Crippen molar-refractivity contribution in [1.29, 1.82) is 0 Å². The average molecular weight is 572 g/mol. The zero-order valence-electron chi connectivity index (χ0n) is 28.0. The van der Waals surface area contributed by atoms with Gasteiger partial charge in [0.25, 0.3) is 0 Å². The molecule has 0 aliphatic rings. The molecule has 0 saturated heterocycles. The van der Waals surface area contributed by atoms with Gasteiger partial charge in [-0.05, 0) is 82.0 Å². The lowest BCUT2D eigenvalue weighted by molar-refractivity contribution is 0.434. The van der Waals surface area contributed by atoms with Gasteiger partial charge in [-0.2, -0.15) is 0 Å². The highest BCUT2D eigenvalue weighted by atomic mass is 32.2. The maximum atomic E-state index is 14.2. The van der Waals surface area contributed by atoms with E-state index in [1.54, 1.807) is 0 Å². The molecule has 0 bridgehead atoms. The van der Waals surface area contributed by atoms with Crippen LogP contribution in [0.1, 0.15) is 155 Å². The van der Waals surface area contributed by atoms with Gasteiger partial charge in [-0.3, -0.25) is 0 Å². The number of rotatable bonds is 8. The molecular weight excluding hydrogens is 513 g/mol. The molecule has 0 radical (unpaired) electrons. The first kappa shape index (κ1) is 34.2. The maximum Gasteiger partial charge on any atom is 0.100 e. The van der Waals surface area contributed by atoms with Crippen molar-refractivity contribution in [3.8, 4) is 0 Å². The molecule has 39 heavy (non-hydrogen) atoms. The fraction of sp³-hybridized carbons (Fsp3) is 0.657. The van der Waals surface area contributed by atoms with Crippen LogP contribution in [0.25, 0.3) is 0 Å². The minimum Gasteiger partial charge on any atom is -0.242 e. The van der Waals surface area contributed by atoms with E-state index in [-0.39, 0.29) is 21.1 Å². The number of benzene rings is 2. The standard InChI is InChI=1S/C35H58NOPS/c1-23(2)26-21-28(24(3)4)31(29(22-26)25(5)6)32(36(16)39(37)35(13,14)15)27-19-17-18-20-30(27)38(33(7,8)9)34(10,11)12/h17-25,32H,1-16H3/t32-,39-/m1/s1. The molecule has 0 aromatic heterocycles. The summed E-state index contributed by atoms with van der Waals surface area (Å²) in [4.78, 5) is 0. The van der Waals surface area contributed by atoms with Gasteiger partial charge in [0.05, 0.1) is 10.8 Å². The third-order valence-corrected chi connectivity index (χ3v) is 12.8. The van der Waals surface area contributed by atoms with E-state index in [2.05, 4.69) is 152 Å². The van der Waals surface area contributed by atoms with Crippen LogP contribution < -0.4 is 5.30 Å². The molecule has 0 N–H and O–H groups in total. The zero-order chi connectivity index (χ0) is 30.2. The Bertz CT molecular complexity index is 1100. The van der Waals surface area contributed by atoms with Gasteiger partial charge in [0.1, 0.15) is 11.0 Å². The van der Waals surface area contributed by atoms with Crippen molar-refractivity contribution in [1.82, 2.24) is 4.31 Å². The lowest BCUT2D eigenvalue weighted by Gasteiger charge is -2.44. The molecule has 0 saturated carbocycles. The van der Waals surface area contributed by atoms with Crippen LogP contribution in [0.2, 0.25) is 0 Å². The van der Waals surface area contributed by atoms with Crippen molar-refractivity contribution in [3.63, 3.8) is 0 Å². The molecule has 2 rings (SSSR count). The first-order valence-corrected chi connectivity index (χ1v) is 17.3. The second-order valence-corrected chi connectivity index (χ2v) is 21.3. The third kappa shape index (κ3) is 7.84. The highest BCUT2D eigenvalue weighted by Crippen LogP contribution is 2.59. The number of nitrogens with zero attached hydrogens (tertiary/aromatic N) is 1. The SMILES string of the molecule is CC(C)c1cc(C(C)C)c([C@@H](c2ccccc2P(C(C)(C)C)C(C)(C)C)N(C)[S@](=O)C(C)(C)C)c(C(C)C)c1. The summed E-state index contributed by atoms with van der Waals surface area (Å²) in [6, 6.07) is 13.9. The van der Waals surface area contributed by atoms with Crippen LogP contribution in [0, 0.1) is 0 Å². The highest BCUT2D eigenvalue weighted by molar-refractivity contribution is 7.84. The van der Waals surface area contributed by atoms with E-state index < -0.39 is 18.9 Å². The van der Waals surface area contributed by atoms with Crippen molar-refractivity contribution in [3.05, 3.63) is 64.2 Å². The van der Waals surface area contributed by atoms with Crippen molar-refractivity contribution >= 4 is 24.2 Å². The van der Waals surface area contributed by atoms with Crippen molar-refractivity contribution < 1.29 is 4.21 Å². The van der Waals surface area contributed by atoms with Crippen molar-refractivity contribution in [2.45, 2.75) is 143 Å². The van der Waals surface area contributed by atoms with Gasteiger partial charge >= 0.3 is 0 Å². The Morgan fingerprint density at radius 1 is 0.692 bits per heavy atom. The van der Waals surface area contributed by atoms with E-state index in [0.717, 1.165) is 0 Å². The van der Waals surface area contributed by atoms with E-state index in [4.69, 9.17) is 0 Å². The van der Waals surface area contributed by atoms with Gasteiger partial charge in [0, 0.05) is 7.05 Å². The molecular formula is C35H58NOPS. The van der Waals surface area contributed by atoms with Gasteiger partial charge in [-0.25, -0.2) is 8.51 Å². The summed E-state index contributed by atoms with van der Waals surface area (Å²) >= 11 is 0. The molecule has 4 heteroatoms. The molecule has 2 nitrogen and oxygen atoms in total. The fourth-order valence-electron chi connectivity index (χ4n) is 6.04. The second kappa shape index (κ2) is 12.5. The Labute approximate surface area is 246 Å². The van der Waals surface area contributed by atoms with E-state index in [0.29, 0.717) is 17.8 Å². The Morgan fingerprint density at radius 2 is 1.13 bits per heavy atom. The topological polar surface area (TPSA) is 20.3 Å². The highest BCUT2D eigenvalue weighted by Gasteiger charge is 2.41. The molecule has 0 heterocycles. The zero-order valence-corrected chi connectivity index (χ0v) is 29.7. The lowest BCUT2D eigenvalue weighted by atomic mass is 9.80. The van der Waals surface area contributed by atoms with E-state index in [1.807, 2.05) is 0 Å². The first-order chi connectivity index (χ1) is 17.6. The summed E-state index contributed by atoms with van der Waals surface area (Å²) < 4.78 is 16.0. The van der Waals surface area contributed by atoms with Gasteiger partial charge < -0.3 is 0 Å². The Balaban J connectivity index is 3.15. The van der Waals surface area contributed by atoms with E-state index in [1.165, 1.54) is 33.1 Å². The summed E-state index contributed by atoms with van der Waals surface area (Å²) in [6.07, 6.45) is 0. The van der Waals surface area contributed by atoms with Crippen molar-refractivity contribution in [2.75, 3.05) is 7.05 Å². The lowest BCUT2D eigenvalue weighted by Crippen LogP contribution is -2.41. The molecule has 2 aromatic carbocycles. The molecule has 2 atom stereocenters. The second-order valence-electron chi connectivity index (χ2n) is 15.1. The van der Waals surface area contributed by atoms with Gasteiger partial charge in [-0.15, -0.1) is 0 Å². The molecule has 220 valence electrons. The number of hydrogen-bond acceptors (Lipinski definition) is 1. The minimum atomic E-state index is -1.19. The number of hydrogen-bond donors (Lipinski definition) is 0. The summed E-state index contributed by atoms with van der Waals surface area (Å²) in [5.41, 5.74) is 6.84.